The summed E-state index contributed by atoms with van der Waals surface area (Å²) in [4.78, 5) is 3.18. The van der Waals surface area contributed by atoms with E-state index in [0.29, 0.717) is 10.9 Å². The molecule has 2 unspecified atom stereocenters. The van der Waals surface area contributed by atoms with E-state index in [4.69, 9.17) is 4.74 Å². The van der Waals surface area contributed by atoms with Gasteiger partial charge < -0.3 is 4.74 Å². The quantitative estimate of drug-likeness (QED) is 0.694. The molecule has 1 saturated heterocycles. The number of piperidine rings is 1. The second kappa shape index (κ2) is 5.20. The van der Waals surface area contributed by atoms with Crippen molar-refractivity contribution >= 4 is 15.9 Å². The predicted octanol–water partition coefficient (Wildman–Crippen LogP) is 1.88. The summed E-state index contributed by atoms with van der Waals surface area (Å²) >= 11 is 3.67. The van der Waals surface area contributed by atoms with E-state index in [2.05, 4.69) is 27.8 Å². The molecule has 0 aromatic carbocycles. The molecule has 0 amide bonds. The molecule has 0 aromatic heterocycles. The zero-order valence-corrected chi connectivity index (χ0v) is 9.51. The predicted molar refractivity (Wildman–Crippen MR) is 54.9 cm³/mol. The molecule has 12 heavy (non-hydrogen) atoms. The maximum Gasteiger partial charge on any atom is 0.0615 e. The van der Waals surface area contributed by atoms with Crippen molar-refractivity contribution in [3.05, 3.63) is 0 Å². The number of hydrogen-bond acceptors (Lipinski definition) is 2. The summed E-state index contributed by atoms with van der Waals surface area (Å²) in [6.07, 6.45) is 2.63. The first-order valence-electron chi connectivity index (χ1n) is 4.61. The smallest absolute Gasteiger partial charge is 0.0615 e. The van der Waals surface area contributed by atoms with Gasteiger partial charge in [0, 0.05) is 24.5 Å². The van der Waals surface area contributed by atoms with Crippen LogP contribution in [0.5, 0.6) is 0 Å². The summed E-state index contributed by atoms with van der Waals surface area (Å²) in [5.74, 6) is 0. The van der Waals surface area contributed by atoms with E-state index in [0.717, 1.165) is 6.61 Å². The number of halogens is 1. The minimum Gasteiger partial charge on any atom is -0.383 e. The Morgan fingerprint density at radius 2 is 2.42 bits per heavy atom. The largest absolute Gasteiger partial charge is 0.383 e. The van der Waals surface area contributed by atoms with Crippen molar-refractivity contribution in [3.8, 4) is 0 Å². The lowest BCUT2D eigenvalue weighted by molar-refractivity contribution is 0.0886. The van der Waals surface area contributed by atoms with Gasteiger partial charge in [0.1, 0.15) is 0 Å². The third-order valence-corrected chi connectivity index (χ3v) is 3.17. The second-order valence-electron chi connectivity index (χ2n) is 3.54. The molecule has 72 valence electrons. The van der Waals surface area contributed by atoms with Crippen LogP contribution in [-0.4, -0.2) is 42.6 Å². The Labute approximate surface area is 83.4 Å². The monoisotopic (exact) mass is 235 g/mol. The van der Waals surface area contributed by atoms with Crippen molar-refractivity contribution in [2.45, 2.75) is 30.6 Å². The molecule has 3 heteroatoms. The van der Waals surface area contributed by atoms with E-state index in [1.807, 2.05) is 0 Å². The molecule has 2 atom stereocenters. The molecular formula is C9H18BrNO. The fraction of sp³-hybridized carbons (Fsp3) is 1.00. The number of rotatable bonds is 3. The van der Waals surface area contributed by atoms with E-state index in [-0.39, 0.29) is 0 Å². The number of likely N-dealkylation sites (tertiary alicyclic amines) is 1. The Hall–Kier alpha value is 0.400. The van der Waals surface area contributed by atoms with E-state index in [9.17, 15) is 0 Å². The fourth-order valence-electron chi connectivity index (χ4n) is 1.70. The van der Waals surface area contributed by atoms with Gasteiger partial charge in [0.15, 0.2) is 0 Å². The molecule has 2 nitrogen and oxygen atoms in total. The van der Waals surface area contributed by atoms with Crippen molar-refractivity contribution in [3.63, 3.8) is 0 Å². The van der Waals surface area contributed by atoms with Crippen molar-refractivity contribution in [2.75, 3.05) is 26.8 Å². The number of methoxy groups -OCH3 is 1. The molecule has 1 rings (SSSR count). The van der Waals surface area contributed by atoms with Crippen LogP contribution in [0.15, 0.2) is 0 Å². The summed E-state index contributed by atoms with van der Waals surface area (Å²) in [5.41, 5.74) is 0. The molecule has 1 fully saturated rings. The first-order chi connectivity index (χ1) is 5.74. The molecular weight excluding hydrogens is 218 g/mol. The van der Waals surface area contributed by atoms with E-state index in [1.54, 1.807) is 7.11 Å². The van der Waals surface area contributed by atoms with Gasteiger partial charge >= 0.3 is 0 Å². The zero-order valence-electron chi connectivity index (χ0n) is 7.92. The van der Waals surface area contributed by atoms with Crippen LogP contribution in [0.2, 0.25) is 0 Å². The lowest BCUT2D eigenvalue weighted by Gasteiger charge is -2.34. The van der Waals surface area contributed by atoms with Crippen molar-refractivity contribution in [1.29, 1.82) is 0 Å². The van der Waals surface area contributed by atoms with Crippen molar-refractivity contribution < 1.29 is 4.74 Å². The van der Waals surface area contributed by atoms with Crippen LogP contribution in [0.3, 0.4) is 0 Å². The molecule has 1 aliphatic heterocycles. The average Bonchev–Trinajstić information content (AvgIpc) is 2.05. The Morgan fingerprint density at radius 3 is 3.00 bits per heavy atom. The molecule has 1 aliphatic rings. The molecule has 0 N–H and O–H groups in total. The Balaban J connectivity index is 2.29. The summed E-state index contributed by atoms with van der Waals surface area (Å²) < 4.78 is 5.14. The van der Waals surface area contributed by atoms with Crippen LogP contribution in [0.25, 0.3) is 0 Å². The second-order valence-corrected chi connectivity index (χ2v) is 4.83. The summed E-state index contributed by atoms with van der Waals surface area (Å²) in [5, 5.41) is 0. The third-order valence-electron chi connectivity index (χ3n) is 2.43. The molecule has 0 spiro atoms. The lowest BCUT2D eigenvalue weighted by atomic mass is 10.1. The SMILES string of the molecule is COCC(C)N1CCCC(Br)C1. The van der Waals surface area contributed by atoms with Gasteiger partial charge in [0.2, 0.25) is 0 Å². The van der Waals surface area contributed by atoms with Gasteiger partial charge in [-0.1, -0.05) is 15.9 Å². The lowest BCUT2D eigenvalue weighted by Crippen LogP contribution is -2.43. The van der Waals surface area contributed by atoms with Crippen molar-refractivity contribution in [1.82, 2.24) is 4.90 Å². The molecule has 0 aliphatic carbocycles. The topological polar surface area (TPSA) is 12.5 Å². The van der Waals surface area contributed by atoms with Gasteiger partial charge in [-0.15, -0.1) is 0 Å². The van der Waals surface area contributed by atoms with Crippen molar-refractivity contribution in [2.24, 2.45) is 0 Å². The minimum atomic E-state index is 0.565. The third kappa shape index (κ3) is 3.04. The standard InChI is InChI=1S/C9H18BrNO/c1-8(7-12-2)11-5-3-4-9(10)6-11/h8-9H,3-7H2,1-2H3. The van der Waals surface area contributed by atoms with Crippen LogP contribution in [0.4, 0.5) is 0 Å². The average molecular weight is 236 g/mol. The normalized spacial score (nSPS) is 28.8. The highest BCUT2D eigenvalue weighted by Crippen LogP contribution is 2.18. The first kappa shape index (κ1) is 10.5. The van der Waals surface area contributed by atoms with Crippen LogP contribution in [-0.2, 0) is 4.74 Å². The van der Waals surface area contributed by atoms with Gasteiger partial charge in [-0.3, -0.25) is 4.90 Å². The Bertz CT molecular complexity index is 132. The summed E-state index contributed by atoms with van der Waals surface area (Å²) in [6, 6.07) is 0.565. The summed E-state index contributed by atoms with van der Waals surface area (Å²) in [6.45, 7) is 5.48. The van der Waals surface area contributed by atoms with Gasteiger partial charge in [0.05, 0.1) is 6.61 Å². The maximum absolute atomic E-state index is 5.14. The minimum absolute atomic E-state index is 0.565. The number of nitrogens with zero attached hydrogens (tertiary/aromatic N) is 1. The molecule has 0 radical (unpaired) electrons. The molecule has 1 heterocycles. The van der Waals surface area contributed by atoms with Gasteiger partial charge in [-0.2, -0.15) is 0 Å². The Morgan fingerprint density at radius 1 is 1.67 bits per heavy atom. The molecule has 0 bridgehead atoms. The van der Waals surface area contributed by atoms with Gasteiger partial charge in [0.25, 0.3) is 0 Å². The number of hydrogen-bond donors (Lipinski definition) is 0. The highest BCUT2D eigenvalue weighted by Gasteiger charge is 2.21. The van der Waals surface area contributed by atoms with Crippen LogP contribution in [0.1, 0.15) is 19.8 Å². The molecule has 0 aromatic rings. The highest BCUT2D eigenvalue weighted by atomic mass is 79.9. The van der Waals surface area contributed by atoms with Gasteiger partial charge in [-0.05, 0) is 26.3 Å². The summed E-state index contributed by atoms with van der Waals surface area (Å²) in [7, 11) is 1.77. The van der Waals surface area contributed by atoms with Crippen LogP contribution in [0, 0.1) is 0 Å². The van der Waals surface area contributed by atoms with E-state index < -0.39 is 0 Å². The number of alkyl halides is 1. The van der Waals surface area contributed by atoms with Crippen LogP contribution >= 0.6 is 15.9 Å². The van der Waals surface area contributed by atoms with Gasteiger partial charge in [-0.25, -0.2) is 0 Å². The Kier molecular flexibility index (Phi) is 4.54. The fourth-order valence-corrected chi connectivity index (χ4v) is 2.40. The van der Waals surface area contributed by atoms with Crippen LogP contribution < -0.4 is 0 Å². The zero-order chi connectivity index (χ0) is 8.97. The molecule has 0 saturated carbocycles. The highest BCUT2D eigenvalue weighted by molar-refractivity contribution is 9.09. The van der Waals surface area contributed by atoms with E-state index in [1.165, 1.54) is 25.9 Å². The number of ether oxygens (including phenoxy) is 1. The maximum atomic E-state index is 5.14. The van der Waals surface area contributed by atoms with E-state index >= 15 is 0 Å². The first-order valence-corrected chi connectivity index (χ1v) is 5.52.